The van der Waals surface area contributed by atoms with Gasteiger partial charge in [-0.15, -0.1) is 0 Å². The number of anilines is 1. The van der Waals surface area contributed by atoms with Gasteiger partial charge in [0.05, 0.1) is 10.9 Å². The van der Waals surface area contributed by atoms with E-state index in [-0.39, 0.29) is 11.3 Å². The van der Waals surface area contributed by atoms with Gasteiger partial charge in [0.1, 0.15) is 0 Å². The summed E-state index contributed by atoms with van der Waals surface area (Å²) in [6.07, 6.45) is 4.40. The predicted molar refractivity (Wildman–Crippen MR) is 122 cm³/mol. The zero-order chi connectivity index (χ0) is 23.6. The van der Waals surface area contributed by atoms with Crippen molar-refractivity contribution in [1.82, 2.24) is 14.3 Å². The average Bonchev–Trinajstić information content (AvgIpc) is 3.24. The van der Waals surface area contributed by atoms with Gasteiger partial charge in [0, 0.05) is 19.2 Å². The number of carbonyl (C=O) groups excluding carboxylic acids is 1. The van der Waals surface area contributed by atoms with E-state index in [1.807, 2.05) is 36.4 Å². The fourth-order valence-electron chi connectivity index (χ4n) is 3.65. The normalized spacial score (nSPS) is 17.8. The van der Waals surface area contributed by atoms with Crippen molar-refractivity contribution in [2.45, 2.75) is 30.3 Å². The molecule has 33 heavy (non-hydrogen) atoms. The number of amides is 1. The second kappa shape index (κ2) is 9.08. The van der Waals surface area contributed by atoms with Crippen molar-refractivity contribution < 1.29 is 17.6 Å². The Morgan fingerprint density at radius 2 is 1.82 bits per heavy atom. The molecule has 2 atom stereocenters. The van der Waals surface area contributed by atoms with Gasteiger partial charge < -0.3 is 5.32 Å². The molecule has 3 aromatic rings. The van der Waals surface area contributed by atoms with Crippen molar-refractivity contribution >= 4 is 21.7 Å². The highest BCUT2D eigenvalue weighted by atomic mass is 32.2. The van der Waals surface area contributed by atoms with E-state index in [1.54, 1.807) is 24.3 Å². The Labute approximate surface area is 189 Å². The van der Waals surface area contributed by atoms with Crippen molar-refractivity contribution in [2.24, 2.45) is 0 Å². The number of hydrogen-bond acceptors (Lipinski definition) is 5. The van der Waals surface area contributed by atoms with Crippen LogP contribution in [-0.4, -0.2) is 29.9 Å². The lowest BCUT2D eigenvalue weighted by atomic mass is 10.1. The van der Waals surface area contributed by atoms with Crippen LogP contribution in [0.15, 0.2) is 82.6 Å². The summed E-state index contributed by atoms with van der Waals surface area (Å²) < 4.78 is 43.8. The van der Waals surface area contributed by atoms with Crippen LogP contribution in [0.3, 0.4) is 0 Å². The van der Waals surface area contributed by atoms with Crippen molar-refractivity contribution in [1.29, 1.82) is 0 Å². The molecule has 2 N–H and O–H groups in total. The number of nitrogens with one attached hydrogen (secondary N) is 2. The monoisotopic (exact) mass is 468 g/mol. The fourth-order valence-corrected chi connectivity index (χ4v) is 4.90. The third-order valence-electron chi connectivity index (χ3n) is 5.18. The molecule has 0 saturated heterocycles. The summed E-state index contributed by atoms with van der Waals surface area (Å²) in [5.41, 5.74) is 0.909. The number of halogens is 1. The molecular formula is C23H21FN4O4S. The first-order valence-corrected chi connectivity index (χ1v) is 11.6. The lowest BCUT2D eigenvalue weighted by molar-refractivity contribution is -0.114. The Morgan fingerprint density at radius 3 is 2.55 bits per heavy atom. The Kier molecular flexibility index (Phi) is 6.21. The first-order valence-electron chi connectivity index (χ1n) is 10.2. The molecule has 1 aliphatic carbocycles. The molecule has 2 aromatic carbocycles. The molecule has 4 rings (SSSR count). The number of aromatic nitrogens is 2. The zero-order valence-electron chi connectivity index (χ0n) is 17.6. The number of sulfonamides is 1. The molecule has 0 radical (unpaired) electrons. The maximum absolute atomic E-state index is 14.2. The Hall–Kier alpha value is -3.63. The number of rotatable bonds is 6. The number of nitrogens with zero attached hydrogens (tertiary/aromatic N) is 2. The number of carbonyl (C=O) groups is 1. The standard InChI is InChI=1S/C23H21FN4O4S/c1-15(29)25-22-21(24)14-28(23(30)26-22)19-11-10-18(13-19)27-33(31,32)20-9-5-8-17(12-20)16-6-3-2-4-7-16/h2-12,14,18-19,27H,13H2,1H3,(H,25,26,29,30). The van der Waals surface area contributed by atoms with Crippen LogP contribution in [0.5, 0.6) is 0 Å². The zero-order valence-corrected chi connectivity index (χ0v) is 18.4. The van der Waals surface area contributed by atoms with Crippen LogP contribution in [-0.2, 0) is 14.8 Å². The van der Waals surface area contributed by atoms with E-state index >= 15 is 0 Å². The topological polar surface area (TPSA) is 110 Å². The minimum absolute atomic E-state index is 0.116. The summed E-state index contributed by atoms with van der Waals surface area (Å²) >= 11 is 0. The third kappa shape index (κ3) is 5.07. The fraction of sp³-hybridized carbons (Fsp3) is 0.174. The van der Waals surface area contributed by atoms with Crippen molar-refractivity contribution in [3.8, 4) is 11.1 Å². The Morgan fingerprint density at radius 1 is 1.09 bits per heavy atom. The maximum atomic E-state index is 14.2. The first kappa shape index (κ1) is 22.6. The summed E-state index contributed by atoms with van der Waals surface area (Å²) in [4.78, 5) is 27.1. The summed E-state index contributed by atoms with van der Waals surface area (Å²) in [5, 5.41) is 2.16. The molecule has 8 nitrogen and oxygen atoms in total. The van der Waals surface area contributed by atoms with E-state index in [1.165, 1.54) is 13.0 Å². The van der Waals surface area contributed by atoms with E-state index < -0.39 is 45.3 Å². The van der Waals surface area contributed by atoms with Crippen molar-refractivity contribution in [3.63, 3.8) is 0 Å². The largest absolute Gasteiger partial charge is 0.350 e. The van der Waals surface area contributed by atoms with Gasteiger partial charge in [0.2, 0.25) is 15.9 Å². The van der Waals surface area contributed by atoms with Gasteiger partial charge in [0.15, 0.2) is 11.6 Å². The number of benzene rings is 2. The van der Waals surface area contributed by atoms with Gasteiger partial charge >= 0.3 is 5.69 Å². The Bertz CT molecular complexity index is 1390. The molecule has 0 bridgehead atoms. The maximum Gasteiger partial charge on any atom is 0.350 e. The van der Waals surface area contributed by atoms with E-state index in [0.717, 1.165) is 21.9 Å². The van der Waals surface area contributed by atoms with Gasteiger partial charge in [-0.3, -0.25) is 9.36 Å². The highest BCUT2D eigenvalue weighted by Crippen LogP contribution is 2.26. The van der Waals surface area contributed by atoms with Gasteiger partial charge in [-0.05, 0) is 29.7 Å². The second-order valence-corrected chi connectivity index (χ2v) is 9.33. The van der Waals surface area contributed by atoms with Gasteiger partial charge in [-0.1, -0.05) is 54.6 Å². The minimum atomic E-state index is -3.84. The molecule has 1 heterocycles. The Balaban J connectivity index is 1.50. The van der Waals surface area contributed by atoms with Crippen molar-refractivity contribution in [2.75, 3.05) is 5.32 Å². The summed E-state index contributed by atoms with van der Waals surface area (Å²) in [6.45, 7) is 1.18. The molecule has 170 valence electrons. The second-order valence-electron chi connectivity index (χ2n) is 7.62. The van der Waals surface area contributed by atoms with Crippen molar-refractivity contribution in [3.05, 3.63) is 89.2 Å². The van der Waals surface area contributed by atoms with Crippen LogP contribution >= 0.6 is 0 Å². The summed E-state index contributed by atoms with van der Waals surface area (Å²) in [6, 6.07) is 14.9. The number of allylic oxidation sites excluding steroid dienone is 1. The molecule has 1 amide bonds. The summed E-state index contributed by atoms with van der Waals surface area (Å²) in [5.74, 6) is -1.86. The van der Waals surface area contributed by atoms with Crippen LogP contribution in [0.1, 0.15) is 19.4 Å². The predicted octanol–water partition coefficient (Wildman–Crippen LogP) is 2.86. The van der Waals surface area contributed by atoms with E-state index in [9.17, 15) is 22.4 Å². The lowest BCUT2D eigenvalue weighted by Gasteiger charge is -2.17. The quantitative estimate of drug-likeness (QED) is 0.541. The van der Waals surface area contributed by atoms with E-state index in [4.69, 9.17) is 0 Å². The molecule has 0 aliphatic heterocycles. The SMILES string of the molecule is CC(=O)Nc1nc(=O)n(C2C=CC(NS(=O)(=O)c3cccc(-c4ccccc4)c3)C2)cc1F. The molecule has 0 saturated carbocycles. The highest BCUT2D eigenvalue weighted by molar-refractivity contribution is 7.89. The average molecular weight is 469 g/mol. The highest BCUT2D eigenvalue weighted by Gasteiger charge is 2.27. The number of hydrogen-bond donors (Lipinski definition) is 2. The first-order chi connectivity index (χ1) is 15.7. The molecule has 1 aliphatic rings. The molecular weight excluding hydrogens is 447 g/mol. The molecule has 0 fully saturated rings. The van der Waals surface area contributed by atoms with Crippen LogP contribution in [0.25, 0.3) is 11.1 Å². The molecule has 1 aromatic heterocycles. The van der Waals surface area contributed by atoms with Crippen LogP contribution in [0, 0.1) is 5.82 Å². The van der Waals surface area contributed by atoms with Gasteiger partial charge in [-0.25, -0.2) is 22.3 Å². The minimum Gasteiger partial charge on any atom is -0.308 e. The van der Waals surface area contributed by atoms with Crippen LogP contribution < -0.4 is 15.7 Å². The summed E-state index contributed by atoms with van der Waals surface area (Å²) in [7, 11) is -3.84. The van der Waals surface area contributed by atoms with Crippen LogP contribution in [0.4, 0.5) is 10.2 Å². The lowest BCUT2D eigenvalue weighted by Crippen LogP contribution is -2.34. The smallest absolute Gasteiger partial charge is 0.308 e. The molecule has 10 heteroatoms. The van der Waals surface area contributed by atoms with Crippen LogP contribution in [0.2, 0.25) is 0 Å². The van der Waals surface area contributed by atoms with E-state index in [2.05, 4.69) is 15.0 Å². The third-order valence-corrected chi connectivity index (χ3v) is 6.67. The molecule has 2 unspecified atom stereocenters. The molecule has 0 spiro atoms. The van der Waals surface area contributed by atoms with E-state index in [0.29, 0.717) is 0 Å². The van der Waals surface area contributed by atoms with Gasteiger partial charge in [0.25, 0.3) is 0 Å². The van der Waals surface area contributed by atoms with Gasteiger partial charge in [-0.2, -0.15) is 4.98 Å².